The minimum Gasteiger partial charge on any atom is -0.370 e. The highest BCUT2D eigenvalue weighted by atomic mass is 35.5. The minimum atomic E-state index is -0.0930. The van der Waals surface area contributed by atoms with E-state index in [9.17, 15) is 4.79 Å². The molecule has 0 saturated heterocycles. The molecular weight excluding hydrogens is 276 g/mol. The van der Waals surface area contributed by atoms with Gasteiger partial charge in [-0.15, -0.1) is 0 Å². The van der Waals surface area contributed by atoms with Crippen molar-refractivity contribution in [3.8, 4) is 0 Å². The van der Waals surface area contributed by atoms with Crippen LogP contribution < -0.4 is 10.6 Å². The van der Waals surface area contributed by atoms with Gasteiger partial charge in [-0.05, 0) is 31.2 Å². The molecule has 2 aromatic rings. The molecule has 0 spiro atoms. The van der Waals surface area contributed by atoms with Crippen molar-refractivity contribution in [3.63, 3.8) is 0 Å². The number of rotatable bonds is 5. The van der Waals surface area contributed by atoms with Gasteiger partial charge < -0.3 is 10.6 Å². The van der Waals surface area contributed by atoms with Crippen molar-refractivity contribution in [2.75, 3.05) is 17.2 Å². The van der Waals surface area contributed by atoms with Crippen LogP contribution in [0.25, 0.3) is 0 Å². The van der Waals surface area contributed by atoms with Gasteiger partial charge in [0.25, 0.3) is 0 Å². The third kappa shape index (κ3) is 4.51. The first kappa shape index (κ1) is 14.3. The molecule has 2 N–H and O–H groups in total. The maximum absolute atomic E-state index is 11.7. The second-order valence-electron chi connectivity index (χ2n) is 4.25. The Labute approximate surface area is 122 Å². The summed E-state index contributed by atoms with van der Waals surface area (Å²) >= 11 is 5.74. The van der Waals surface area contributed by atoms with Gasteiger partial charge in [-0.2, -0.15) is 0 Å². The van der Waals surface area contributed by atoms with Gasteiger partial charge in [0, 0.05) is 24.9 Å². The Kier molecular flexibility index (Phi) is 4.90. The van der Waals surface area contributed by atoms with Crippen molar-refractivity contribution in [1.29, 1.82) is 0 Å². The van der Waals surface area contributed by atoms with Crippen LogP contribution in [0.15, 0.2) is 36.5 Å². The van der Waals surface area contributed by atoms with Crippen molar-refractivity contribution in [2.45, 2.75) is 13.3 Å². The number of hydrogen-bond acceptors (Lipinski definition) is 4. The van der Waals surface area contributed by atoms with E-state index in [1.807, 2.05) is 19.1 Å². The summed E-state index contributed by atoms with van der Waals surface area (Å²) in [7, 11) is 0. The maximum atomic E-state index is 11.7. The lowest BCUT2D eigenvalue weighted by Crippen LogP contribution is -2.17. The number of nitrogens with one attached hydrogen (secondary N) is 2. The standard InChI is InChI=1S/C14H15ClN4O/c1-10-3-2-4-13(18-10)19-14(20)7-8-16-12-6-5-11(15)9-17-12/h2-6,9H,7-8H2,1H3,(H,16,17)(H,18,19,20). The topological polar surface area (TPSA) is 66.9 Å². The Morgan fingerprint density at radius 3 is 2.80 bits per heavy atom. The van der Waals surface area contributed by atoms with Crippen LogP contribution in [0.1, 0.15) is 12.1 Å². The smallest absolute Gasteiger partial charge is 0.227 e. The highest BCUT2D eigenvalue weighted by Crippen LogP contribution is 2.09. The van der Waals surface area contributed by atoms with Crippen LogP contribution in [0.5, 0.6) is 0 Å². The first-order valence-corrected chi connectivity index (χ1v) is 6.60. The second-order valence-corrected chi connectivity index (χ2v) is 4.69. The molecule has 2 rings (SSSR count). The van der Waals surface area contributed by atoms with Gasteiger partial charge in [0.1, 0.15) is 11.6 Å². The summed E-state index contributed by atoms with van der Waals surface area (Å²) in [5.41, 5.74) is 0.867. The van der Waals surface area contributed by atoms with Crippen molar-refractivity contribution >= 4 is 29.1 Å². The third-order valence-electron chi connectivity index (χ3n) is 2.54. The van der Waals surface area contributed by atoms with Crippen LogP contribution in [0.2, 0.25) is 5.02 Å². The molecular formula is C14H15ClN4O. The normalized spacial score (nSPS) is 10.1. The molecule has 0 aliphatic carbocycles. The van der Waals surface area contributed by atoms with Crippen molar-refractivity contribution in [1.82, 2.24) is 9.97 Å². The predicted molar refractivity (Wildman–Crippen MR) is 80.0 cm³/mol. The Hall–Kier alpha value is -2.14. The molecule has 0 atom stereocenters. The highest BCUT2D eigenvalue weighted by molar-refractivity contribution is 6.30. The van der Waals surface area contributed by atoms with Gasteiger partial charge in [0.15, 0.2) is 0 Å². The van der Waals surface area contributed by atoms with E-state index in [4.69, 9.17) is 11.6 Å². The van der Waals surface area contributed by atoms with E-state index in [2.05, 4.69) is 20.6 Å². The Bertz CT molecular complexity index is 586. The minimum absolute atomic E-state index is 0.0930. The zero-order valence-corrected chi connectivity index (χ0v) is 11.8. The molecule has 0 radical (unpaired) electrons. The van der Waals surface area contributed by atoms with Crippen molar-refractivity contribution in [3.05, 3.63) is 47.2 Å². The molecule has 0 aliphatic heterocycles. The molecule has 0 unspecified atom stereocenters. The van der Waals surface area contributed by atoms with Gasteiger partial charge in [0.05, 0.1) is 5.02 Å². The second kappa shape index (κ2) is 6.86. The van der Waals surface area contributed by atoms with Crippen LogP contribution >= 0.6 is 11.6 Å². The number of anilines is 2. The van der Waals surface area contributed by atoms with Crippen LogP contribution in [0, 0.1) is 6.92 Å². The lowest BCUT2D eigenvalue weighted by Gasteiger charge is -2.07. The number of hydrogen-bond donors (Lipinski definition) is 2. The summed E-state index contributed by atoms with van der Waals surface area (Å²) < 4.78 is 0. The number of halogens is 1. The van der Waals surface area contributed by atoms with Crippen LogP contribution in [-0.4, -0.2) is 22.4 Å². The van der Waals surface area contributed by atoms with Crippen molar-refractivity contribution in [2.24, 2.45) is 0 Å². The number of amides is 1. The monoisotopic (exact) mass is 290 g/mol. The van der Waals surface area contributed by atoms with E-state index in [1.54, 1.807) is 24.4 Å². The average molecular weight is 291 g/mol. The van der Waals surface area contributed by atoms with Gasteiger partial charge in [0.2, 0.25) is 5.91 Å². The van der Waals surface area contributed by atoms with Crippen LogP contribution in [0.4, 0.5) is 11.6 Å². The Balaban J connectivity index is 1.76. The maximum Gasteiger partial charge on any atom is 0.227 e. The quantitative estimate of drug-likeness (QED) is 0.888. The number of carbonyl (C=O) groups is 1. The molecule has 0 aromatic carbocycles. The van der Waals surface area contributed by atoms with Gasteiger partial charge >= 0.3 is 0 Å². The number of aromatic nitrogens is 2. The summed E-state index contributed by atoms with van der Waals surface area (Å²) in [5.74, 6) is 1.17. The molecule has 104 valence electrons. The molecule has 0 aliphatic rings. The molecule has 0 saturated carbocycles. The Morgan fingerprint density at radius 2 is 2.10 bits per heavy atom. The summed E-state index contributed by atoms with van der Waals surface area (Å²) in [6.45, 7) is 2.37. The van der Waals surface area contributed by atoms with E-state index in [1.165, 1.54) is 0 Å². The van der Waals surface area contributed by atoms with Crippen LogP contribution in [-0.2, 0) is 4.79 Å². The number of pyridine rings is 2. The molecule has 5 nitrogen and oxygen atoms in total. The zero-order chi connectivity index (χ0) is 14.4. The molecule has 2 heterocycles. The summed E-state index contributed by atoms with van der Waals surface area (Å²) in [4.78, 5) is 20.0. The van der Waals surface area contributed by atoms with E-state index in [-0.39, 0.29) is 5.91 Å². The van der Waals surface area contributed by atoms with Gasteiger partial charge in [-0.3, -0.25) is 4.79 Å². The summed E-state index contributed by atoms with van der Waals surface area (Å²) in [6.07, 6.45) is 1.89. The third-order valence-corrected chi connectivity index (χ3v) is 2.76. The van der Waals surface area contributed by atoms with E-state index in [0.29, 0.717) is 29.6 Å². The molecule has 0 bridgehead atoms. The molecule has 6 heteroatoms. The van der Waals surface area contributed by atoms with Crippen LogP contribution in [0.3, 0.4) is 0 Å². The summed E-state index contributed by atoms with van der Waals surface area (Å²) in [6, 6.07) is 9.01. The lowest BCUT2D eigenvalue weighted by molar-refractivity contribution is -0.116. The highest BCUT2D eigenvalue weighted by Gasteiger charge is 2.03. The zero-order valence-electron chi connectivity index (χ0n) is 11.1. The average Bonchev–Trinajstić information content (AvgIpc) is 2.41. The van der Waals surface area contributed by atoms with E-state index in [0.717, 1.165) is 5.69 Å². The first-order chi connectivity index (χ1) is 9.63. The largest absolute Gasteiger partial charge is 0.370 e. The molecule has 1 amide bonds. The van der Waals surface area contributed by atoms with Crippen molar-refractivity contribution < 1.29 is 4.79 Å². The number of carbonyl (C=O) groups excluding carboxylic acids is 1. The lowest BCUT2D eigenvalue weighted by atomic mass is 10.3. The SMILES string of the molecule is Cc1cccc(NC(=O)CCNc2ccc(Cl)cn2)n1. The fourth-order valence-corrected chi connectivity index (χ4v) is 1.71. The molecule has 2 aromatic heterocycles. The Morgan fingerprint density at radius 1 is 1.25 bits per heavy atom. The first-order valence-electron chi connectivity index (χ1n) is 6.22. The fraction of sp³-hybridized carbons (Fsp3) is 0.214. The fourth-order valence-electron chi connectivity index (χ4n) is 1.60. The number of aryl methyl sites for hydroxylation is 1. The summed E-state index contributed by atoms with van der Waals surface area (Å²) in [5, 5.41) is 6.38. The van der Waals surface area contributed by atoms with E-state index < -0.39 is 0 Å². The predicted octanol–water partition coefficient (Wildman–Crippen LogP) is 2.88. The van der Waals surface area contributed by atoms with E-state index >= 15 is 0 Å². The number of nitrogens with zero attached hydrogens (tertiary/aromatic N) is 2. The van der Waals surface area contributed by atoms with Gasteiger partial charge in [-0.1, -0.05) is 17.7 Å². The molecule has 20 heavy (non-hydrogen) atoms. The molecule has 0 fully saturated rings. The van der Waals surface area contributed by atoms with Gasteiger partial charge in [-0.25, -0.2) is 9.97 Å².